The zero-order chi connectivity index (χ0) is 24.0. The Labute approximate surface area is 202 Å². The van der Waals surface area contributed by atoms with E-state index in [4.69, 9.17) is 21.9 Å². The van der Waals surface area contributed by atoms with Crippen molar-refractivity contribution in [2.45, 2.75) is 40.2 Å². The zero-order valence-electron chi connectivity index (χ0n) is 20.3. The molecule has 0 saturated carbocycles. The van der Waals surface area contributed by atoms with Gasteiger partial charge >= 0.3 is 6.09 Å². The summed E-state index contributed by atoms with van der Waals surface area (Å²) >= 11 is 5.39. The number of hydrogen-bond acceptors (Lipinski definition) is 6. The van der Waals surface area contributed by atoms with Crippen molar-refractivity contribution >= 4 is 45.8 Å². The van der Waals surface area contributed by atoms with Gasteiger partial charge in [-0.25, -0.2) is 9.78 Å². The van der Waals surface area contributed by atoms with Gasteiger partial charge in [-0.15, -0.1) is 0 Å². The lowest BCUT2D eigenvalue weighted by molar-refractivity contribution is 0.0529. The van der Waals surface area contributed by atoms with E-state index in [0.717, 1.165) is 55.1 Å². The molecule has 1 aromatic heterocycles. The minimum Gasteiger partial charge on any atom is -0.444 e. The van der Waals surface area contributed by atoms with Crippen molar-refractivity contribution in [1.82, 2.24) is 20.5 Å². The summed E-state index contributed by atoms with van der Waals surface area (Å²) < 4.78 is 5.21. The smallest absolute Gasteiger partial charge is 0.407 e. The van der Waals surface area contributed by atoms with Crippen molar-refractivity contribution in [3.8, 4) is 0 Å². The van der Waals surface area contributed by atoms with Gasteiger partial charge in [-0.3, -0.25) is 0 Å². The highest BCUT2D eigenvalue weighted by atomic mass is 32.1. The summed E-state index contributed by atoms with van der Waals surface area (Å²) in [6.07, 6.45) is -0.438. The molecule has 1 aromatic carbocycles. The van der Waals surface area contributed by atoms with Crippen molar-refractivity contribution < 1.29 is 9.53 Å². The van der Waals surface area contributed by atoms with E-state index in [1.54, 1.807) is 0 Å². The molecule has 0 atom stereocenters. The van der Waals surface area contributed by atoms with Crippen LogP contribution in [0.1, 0.15) is 33.3 Å². The van der Waals surface area contributed by atoms with Gasteiger partial charge in [0.15, 0.2) is 5.11 Å². The topological polar surface area (TPSA) is 81.8 Å². The highest BCUT2D eigenvalue weighted by molar-refractivity contribution is 7.80. The maximum atomic E-state index is 11.7. The van der Waals surface area contributed by atoms with E-state index in [9.17, 15) is 4.79 Å². The number of likely N-dealkylation sites (N-methyl/N-ethyl adjacent to an activating group) is 1. The average Bonchev–Trinajstić information content (AvgIpc) is 2.76. The van der Waals surface area contributed by atoms with Crippen LogP contribution in [0.5, 0.6) is 0 Å². The van der Waals surface area contributed by atoms with Crippen LogP contribution in [0.3, 0.4) is 0 Å². The van der Waals surface area contributed by atoms with Crippen molar-refractivity contribution in [2.24, 2.45) is 0 Å². The molecule has 0 unspecified atom stereocenters. The second-order valence-corrected chi connectivity index (χ2v) is 9.67. The fourth-order valence-corrected chi connectivity index (χ4v) is 3.96. The van der Waals surface area contributed by atoms with Crippen LogP contribution in [0.2, 0.25) is 0 Å². The molecule has 3 N–H and O–H groups in total. The Hall–Kier alpha value is -2.65. The first-order chi connectivity index (χ1) is 15.6. The molecule has 1 saturated heterocycles. The first-order valence-corrected chi connectivity index (χ1v) is 12.0. The third-order valence-electron chi connectivity index (χ3n) is 5.48. The largest absolute Gasteiger partial charge is 0.444 e. The van der Waals surface area contributed by atoms with Crippen LogP contribution in [0.25, 0.3) is 10.9 Å². The van der Waals surface area contributed by atoms with Gasteiger partial charge in [-0.05, 0) is 76.3 Å². The minimum absolute atomic E-state index is 0.409. The minimum atomic E-state index is -0.512. The Morgan fingerprint density at radius 3 is 2.48 bits per heavy atom. The molecule has 2 heterocycles. The molecule has 0 radical (unpaired) electrons. The number of ether oxygens (including phenoxy) is 1. The lowest BCUT2D eigenvalue weighted by Crippen LogP contribution is -2.46. The predicted molar refractivity (Wildman–Crippen MR) is 139 cm³/mol. The van der Waals surface area contributed by atoms with Crippen LogP contribution in [0, 0.1) is 6.92 Å². The summed E-state index contributed by atoms with van der Waals surface area (Å²) in [5, 5.41) is 10.6. The number of thiocarbonyl (C=S) groups is 1. The highest BCUT2D eigenvalue weighted by Gasteiger charge is 2.18. The molecular formula is C24H36N6O2S. The number of benzene rings is 1. The van der Waals surface area contributed by atoms with Crippen molar-refractivity contribution in [3.05, 3.63) is 29.8 Å². The monoisotopic (exact) mass is 472 g/mol. The number of aryl methyl sites for hydroxylation is 1. The number of hydrogen-bond donors (Lipinski definition) is 3. The second kappa shape index (κ2) is 11.0. The van der Waals surface area contributed by atoms with Crippen LogP contribution in [-0.2, 0) is 4.74 Å². The lowest BCUT2D eigenvalue weighted by Gasteiger charge is -2.35. The first kappa shape index (κ1) is 25.0. The average molecular weight is 473 g/mol. The Balaban J connectivity index is 1.54. The number of nitrogens with zero attached hydrogens (tertiary/aromatic N) is 3. The molecule has 8 nitrogen and oxygen atoms in total. The molecule has 3 rings (SSSR count). The van der Waals surface area contributed by atoms with E-state index in [2.05, 4.69) is 51.7 Å². The van der Waals surface area contributed by atoms with Crippen LogP contribution in [0.15, 0.2) is 24.3 Å². The molecule has 180 valence electrons. The fraction of sp³-hybridized carbons (Fsp3) is 0.542. The van der Waals surface area contributed by atoms with Gasteiger partial charge < -0.3 is 30.5 Å². The van der Waals surface area contributed by atoms with Crippen molar-refractivity contribution in [1.29, 1.82) is 0 Å². The van der Waals surface area contributed by atoms with E-state index in [0.29, 0.717) is 18.2 Å². The van der Waals surface area contributed by atoms with Gasteiger partial charge in [0.1, 0.15) is 11.4 Å². The summed E-state index contributed by atoms with van der Waals surface area (Å²) in [6, 6.07) is 8.26. The summed E-state index contributed by atoms with van der Waals surface area (Å²) in [6.45, 7) is 16.0. The number of alkyl carbamates (subject to hydrolysis) is 1. The van der Waals surface area contributed by atoms with Crippen LogP contribution in [-0.4, -0.2) is 72.5 Å². The van der Waals surface area contributed by atoms with E-state index in [1.807, 2.05) is 32.9 Å². The maximum Gasteiger partial charge on any atom is 0.407 e. The standard InChI is InChI=1S/C24H36N6O2S/c1-6-29-11-13-30(14-12-29)21-15-17(2)19-16-18(7-8-20(19)28-21)27-22(33)25-9-10-26-23(31)32-24(3,4)5/h7-8,15-16H,6,9-14H2,1-5H3,(H,26,31)(H2,25,27,33). The van der Waals surface area contributed by atoms with Gasteiger partial charge in [-0.1, -0.05) is 6.92 Å². The van der Waals surface area contributed by atoms with Crippen LogP contribution in [0.4, 0.5) is 16.3 Å². The Morgan fingerprint density at radius 1 is 1.12 bits per heavy atom. The number of aromatic nitrogens is 1. The van der Waals surface area contributed by atoms with E-state index >= 15 is 0 Å². The highest BCUT2D eigenvalue weighted by Crippen LogP contribution is 2.26. The normalized spacial score (nSPS) is 14.8. The van der Waals surface area contributed by atoms with Gasteiger partial charge in [0.05, 0.1) is 5.52 Å². The summed E-state index contributed by atoms with van der Waals surface area (Å²) in [5.41, 5.74) is 2.56. The van der Waals surface area contributed by atoms with Gasteiger partial charge in [0.25, 0.3) is 0 Å². The van der Waals surface area contributed by atoms with Gasteiger partial charge in [0, 0.05) is 50.3 Å². The summed E-state index contributed by atoms with van der Waals surface area (Å²) in [4.78, 5) is 21.4. The van der Waals surface area contributed by atoms with Crippen molar-refractivity contribution in [3.63, 3.8) is 0 Å². The second-order valence-electron chi connectivity index (χ2n) is 9.26. The molecule has 2 aromatic rings. The number of piperazine rings is 1. The molecular weight excluding hydrogens is 436 g/mol. The third kappa shape index (κ3) is 7.43. The number of fused-ring (bicyclic) bond motifs is 1. The van der Waals surface area contributed by atoms with Gasteiger partial charge in [0.2, 0.25) is 0 Å². The first-order valence-electron chi connectivity index (χ1n) is 11.5. The maximum absolute atomic E-state index is 11.7. The predicted octanol–water partition coefficient (Wildman–Crippen LogP) is 3.50. The Bertz CT molecular complexity index is 983. The molecule has 0 aliphatic carbocycles. The molecule has 9 heteroatoms. The summed E-state index contributed by atoms with van der Waals surface area (Å²) in [7, 11) is 0. The Kier molecular flexibility index (Phi) is 8.31. The Morgan fingerprint density at radius 2 is 1.82 bits per heavy atom. The fourth-order valence-electron chi connectivity index (χ4n) is 3.74. The number of pyridine rings is 1. The molecule has 0 spiro atoms. The lowest BCUT2D eigenvalue weighted by atomic mass is 10.1. The SMILES string of the molecule is CCN1CCN(c2cc(C)c3cc(NC(=S)NCCNC(=O)OC(C)(C)C)ccc3n2)CC1. The van der Waals surface area contributed by atoms with Gasteiger partial charge in [-0.2, -0.15) is 0 Å². The zero-order valence-corrected chi connectivity index (χ0v) is 21.1. The molecule has 33 heavy (non-hydrogen) atoms. The van der Waals surface area contributed by atoms with Crippen LogP contribution >= 0.6 is 12.2 Å². The quantitative estimate of drug-likeness (QED) is 0.435. The molecule has 1 aliphatic rings. The van der Waals surface area contributed by atoms with E-state index in [1.165, 1.54) is 5.56 Å². The third-order valence-corrected chi connectivity index (χ3v) is 5.73. The number of nitrogens with one attached hydrogen (secondary N) is 3. The van der Waals surface area contributed by atoms with E-state index in [-0.39, 0.29) is 0 Å². The van der Waals surface area contributed by atoms with Crippen molar-refractivity contribution in [2.75, 3.05) is 56.0 Å². The number of anilines is 2. The number of carbonyl (C=O) groups excluding carboxylic acids is 1. The van der Waals surface area contributed by atoms with E-state index < -0.39 is 11.7 Å². The molecule has 1 amide bonds. The molecule has 1 aliphatic heterocycles. The molecule has 1 fully saturated rings. The summed E-state index contributed by atoms with van der Waals surface area (Å²) in [5.74, 6) is 1.05. The van der Waals surface area contributed by atoms with Crippen LogP contribution < -0.4 is 20.9 Å². The number of amides is 1. The number of carbonyl (C=O) groups is 1. The molecule has 0 bridgehead atoms. The number of rotatable bonds is 6.